The van der Waals surface area contributed by atoms with Gasteiger partial charge < -0.3 is 14.6 Å². The van der Waals surface area contributed by atoms with Gasteiger partial charge in [-0.25, -0.2) is 9.78 Å². The van der Waals surface area contributed by atoms with E-state index in [0.717, 1.165) is 32.1 Å². The highest BCUT2D eigenvalue weighted by Gasteiger charge is 2.69. The molecule has 0 aromatic heterocycles. The van der Waals surface area contributed by atoms with Gasteiger partial charge in [0, 0.05) is 18.9 Å². The van der Waals surface area contributed by atoms with Crippen LogP contribution in [-0.4, -0.2) is 35.5 Å². The van der Waals surface area contributed by atoms with Crippen molar-refractivity contribution in [2.75, 3.05) is 6.61 Å². The summed E-state index contributed by atoms with van der Waals surface area (Å²) in [6.45, 7) is 6.78. The van der Waals surface area contributed by atoms with E-state index in [1.54, 1.807) is 0 Å². The summed E-state index contributed by atoms with van der Waals surface area (Å²) in [5, 5.41) is 9.19. The molecule has 5 fully saturated rings. The zero-order valence-electron chi connectivity index (χ0n) is 14.5. The first kappa shape index (κ1) is 16.3. The summed E-state index contributed by atoms with van der Waals surface area (Å²) in [5.74, 6) is 1.12. The van der Waals surface area contributed by atoms with Crippen LogP contribution in [0.5, 0.6) is 0 Å². The fourth-order valence-corrected chi connectivity index (χ4v) is 5.60. The maximum Gasteiger partial charge on any atom is 0.201 e. The van der Waals surface area contributed by atoms with Crippen LogP contribution in [0.25, 0.3) is 0 Å². The Kier molecular flexibility index (Phi) is 4.01. The fraction of sp³-hybridized carbons (Fsp3) is 1.00. The van der Waals surface area contributed by atoms with Crippen molar-refractivity contribution in [1.82, 2.24) is 0 Å². The Hall–Kier alpha value is -0.200. The monoisotopic (exact) mass is 326 g/mol. The van der Waals surface area contributed by atoms with Gasteiger partial charge in [-0.1, -0.05) is 13.8 Å². The molecule has 3 unspecified atom stereocenters. The first-order valence-corrected chi connectivity index (χ1v) is 9.31. The minimum Gasteiger partial charge on any atom is -0.396 e. The van der Waals surface area contributed by atoms with Crippen molar-refractivity contribution in [1.29, 1.82) is 0 Å². The van der Waals surface area contributed by atoms with Crippen molar-refractivity contribution in [2.24, 2.45) is 23.7 Å². The van der Waals surface area contributed by atoms with Crippen molar-refractivity contribution >= 4 is 0 Å². The first-order valence-electron chi connectivity index (χ1n) is 9.31. The standard InChI is InChI=1S/C18H30O5/c1-11-6-7-14-12(2)15(5-4-10-19)20-16-18(14)13(11)8-9-17(3,21-16)22-23-18/h11-16,19H,4-10H2,1-3H3/t11-,12-,13?,14?,15+,16-,17+,18?/m1/s1. The number of aliphatic hydroxyl groups excluding tert-OH is 1. The third kappa shape index (κ3) is 2.31. The number of rotatable bonds is 3. The second kappa shape index (κ2) is 5.67. The Balaban J connectivity index is 1.70. The van der Waals surface area contributed by atoms with Crippen molar-refractivity contribution < 1.29 is 24.4 Å². The van der Waals surface area contributed by atoms with E-state index in [0.29, 0.717) is 23.7 Å². The first-order chi connectivity index (χ1) is 11.0. The van der Waals surface area contributed by atoms with E-state index in [9.17, 15) is 5.11 Å². The highest BCUT2D eigenvalue weighted by Crippen LogP contribution is 2.60. The van der Waals surface area contributed by atoms with Crippen LogP contribution in [-0.2, 0) is 19.2 Å². The number of fused-ring (bicyclic) bond motifs is 2. The molecule has 5 heteroatoms. The maximum atomic E-state index is 9.19. The average Bonchev–Trinajstić information content (AvgIpc) is 2.76. The SMILES string of the molecule is C[C@@H]1CCC2[C@@H](C)[C@H](CCCO)O[C@@H]3O[C@]4(C)CCC1C23OO4. The number of hydrogen-bond acceptors (Lipinski definition) is 5. The van der Waals surface area contributed by atoms with Crippen LogP contribution in [0.1, 0.15) is 59.3 Å². The summed E-state index contributed by atoms with van der Waals surface area (Å²) in [7, 11) is 0. The Morgan fingerprint density at radius 1 is 1.09 bits per heavy atom. The van der Waals surface area contributed by atoms with E-state index in [-0.39, 0.29) is 19.0 Å². The summed E-state index contributed by atoms with van der Waals surface area (Å²) in [6, 6.07) is 0. The van der Waals surface area contributed by atoms with Crippen LogP contribution in [0.4, 0.5) is 0 Å². The summed E-state index contributed by atoms with van der Waals surface area (Å²) in [4.78, 5) is 11.9. The van der Waals surface area contributed by atoms with Gasteiger partial charge in [0.1, 0.15) is 0 Å². The molecule has 132 valence electrons. The van der Waals surface area contributed by atoms with Crippen LogP contribution in [0.3, 0.4) is 0 Å². The molecule has 4 saturated heterocycles. The van der Waals surface area contributed by atoms with E-state index in [1.165, 1.54) is 6.42 Å². The maximum absolute atomic E-state index is 9.19. The molecule has 0 amide bonds. The summed E-state index contributed by atoms with van der Waals surface area (Å²) >= 11 is 0. The Morgan fingerprint density at radius 2 is 1.91 bits per heavy atom. The second-order valence-electron chi connectivity index (χ2n) is 8.31. The zero-order valence-corrected chi connectivity index (χ0v) is 14.5. The zero-order chi connectivity index (χ0) is 16.2. The lowest BCUT2D eigenvalue weighted by atomic mass is 9.57. The molecule has 5 nitrogen and oxygen atoms in total. The van der Waals surface area contributed by atoms with Crippen LogP contribution < -0.4 is 0 Å². The van der Waals surface area contributed by atoms with Gasteiger partial charge in [0.2, 0.25) is 5.79 Å². The number of hydrogen-bond donors (Lipinski definition) is 1. The van der Waals surface area contributed by atoms with Crippen LogP contribution >= 0.6 is 0 Å². The van der Waals surface area contributed by atoms with Crippen molar-refractivity contribution in [3.8, 4) is 0 Å². The molecule has 0 aromatic rings. The molecule has 2 bridgehead atoms. The molecule has 1 aliphatic carbocycles. The van der Waals surface area contributed by atoms with Crippen molar-refractivity contribution in [2.45, 2.75) is 83.1 Å². The molecular formula is C18H30O5. The molecule has 23 heavy (non-hydrogen) atoms. The van der Waals surface area contributed by atoms with E-state index in [2.05, 4.69) is 13.8 Å². The minimum absolute atomic E-state index is 0.128. The van der Waals surface area contributed by atoms with E-state index < -0.39 is 11.4 Å². The molecule has 4 heterocycles. The van der Waals surface area contributed by atoms with Crippen molar-refractivity contribution in [3.05, 3.63) is 0 Å². The van der Waals surface area contributed by atoms with E-state index >= 15 is 0 Å². The van der Waals surface area contributed by atoms with Crippen molar-refractivity contribution in [3.63, 3.8) is 0 Å². The largest absolute Gasteiger partial charge is 0.396 e. The lowest BCUT2D eigenvalue weighted by Crippen LogP contribution is -2.70. The van der Waals surface area contributed by atoms with Crippen LogP contribution in [0.15, 0.2) is 0 Å². The number of aliphatic hydroxyl groups is 1. The third-order valence-corrected chi connectivity index (χ3v) is 6.94. The smallest absolute Gasteiger partial charge is 0.201 e. The summed E-state index contributed by atoms with van der Waals surface area (Å²) in [5.41, 5.74) is -0.456. The lowest BCUT2D eigenvalue weighted by molar-refractivity contribution is -0.571. The Bertz CT molecular complexity index is 457. The van der Waals surface area contributed by atoms with Gasteiger partial charge in [-0.3, -0.25) is 0 Å². The van der Waals surface area contributed by atoms with Crippen LogP contribution in [0.2, 0.25) is 0 Å². The quantitative estimate of drug-likeness (QED) is 0.808. The molecule has 4 aliphatic heterocycles. The molecule has 0 radical (unpaired) electrons. The molecule has 1 spiro atoms. The van der Waals surface area contributed by atoms with Crippen LogP contribution in [0, 0.1) is 23.7 Å². The van der Waals surface area contributed by atoms with Gasteiger partial charge >= 0.3 is 0 Å². The highest BCUT2D eigenvalue weighted by atomic mass is 17.3. The van der Waals surface area contributed by atoms with Gasteiger partial charge in [-0.05, 0) is 56.8 Å². The molecule has 5 rings (SSSR count). The molecule has 8 atom stereocenters. The predicted molar refractivity (Wildman–Crippen MR) is 83.1 cm³/mol. The highest BCUT2D eigenvalue weighted by molar-refractivity contribution is 5.09. The lowest BCUT2D eigenvalue weighted by Gasteiger charge is -2.60. The van der Waals surface area contributed by atoms with Gasteiger partial charge in [0.25, 0.3) is 0 Å². The average molecular weight is 326 g/mol. The molecule has 5 aliphatic rings. The van der Waals surface area contributed by atoms with Gasteiger partial charge in [-0.2, -0.15) is 0 Å². The minimum atomic E-state index is -0.695. The second-order valence-corrected chi connectivity index (χ2v) is 8.31. The topological polar surface area (TPSA) is 57.2 Å². The Labute approximate surface area is 138 Å². The molecule has 0 aromatic carbocycles. The van der Waals surface area contributed by atoms with E-state index in [4.69, 9.17) is 19.2 Å². The fourth-order valence-electron chi connectivity index (χ4n) is 5.60. The molecular weight excluding hydrogens is 296 g/mol. The number of ether oxygens (including phenoxy) is 2. The van der Waals surface area contributed by atoms with Gasteiger partial charge in [0.15, 0.2) is 11.9 Å². The normalized spacial score (nSPS) is 55.3. The predicted octanol–water partition coefficient (Wildman–Crippen LogP) is 3.01. The third-order valence-electron chi connectivity index (χ3n) is 6.94. The summed E-state index contributed by atoms with van der Waals surface area (Å²) in [6.07, 6.45) is 5.73. The molecule has 1 N–H and O–H groups in total. The summed E-state index contributed by atoms with van der Waals surface area (Å²) < 4.78 is 12.7. The van der Waals surface area contributed by atoms with Gasteiger partial charge in [0.05, 0.1) is 6.10 Å². The van der Waals surface area contributed by atoms with Gasteiger partial charge in [-0.15, -0.1) is 0 Å². The molecule has 1 saturated carbocycles. The Morgan fingerprint density at radius 3 is 2.70 bits per heavy atom. The van der Waals surface area contributed by atoms with E-state index in [1.807, 2.05) is 6.92 Å².